The number of H-pyrrole nitrogens is 2. The van der Waals surface area contributed by atoms with Crippen molar-refractivity contribution >= 4 is 22.6 Å². The van der Waals surface area contributed by atoms with Crippen LogP contribution in [-0.4, -0.2) is 46.5 Å². The van der Waals surface area contributed by atoms with Gasteiger partial charge < -0.3 is 21.0 Å². The van der Waals surface area contributed by atoms with Crippen LogP contribution in [0.2, 0.25) is 0 Å². The van der Waals surface area contributed by atoms with E-state index >= 15 is 0 Å². The van der Waals surface area contributed by atoms with Gasteiger partial charge in [-0.15, -0.1) is 0 Å². The van der Waals surface area contributed by atoms with E-state index in [-0.39, 0.29) is 17.6 Å². The van der Waals surface area contributed by atoms with E-state index in [2.05, 4.69) is 20.2 Å². The second-order valence-corrected chi connectivity index (χ2v) is 5.50. The lowest BCUT2D eigenvalue weighted by Gasteiger charge is -2.29. The topological polar surface area (TPSA) is 107 Å². The van der Waals surface area contributed by atoms with Gasteiger partial charge in [-0.3, -0.25) is 9.69 Å². The van der Waals surface area contributed by atoms with Crippen LogP contribution in [0.4, 0.5) is 5.69 Å². The molecule has 21 heavy (non-hydrogen) atoms. The SMILES string of the molecule is NC1CCN(CC(=O)Nc2ccc3[nH]c(=O)[nH]c3c2)CC1. The minimum atomic E-state index is -0.252. The number of aromatic nitrogens is 2. The van der Waals surface area contributed by atoms with Crippen molar-refractivity contribution in [2.24, 2.45) is 5.73 Å². The Morgan fingerprint density at radius 1 is 1.29 bits per heavy atom. The number of amides is 1. The molecule has 0 spiro atoms. The van der Waals surface area contributed by atoms with Crippen LogP contribution in [0.25, 0.3) is 11.0 Å². The summed E-state index contributed by atoms with van der Waals surface area (Å²) >= 11 is 0. The third-order valence-corrected chi connectivity index (χ3v) is 3.80. The van der Waals surface area contributed by atoms with Gasteiger partial charge in [-0.25, -0.2) is 4.79 Å². The van der Waals surface area contributed by atoms with Crippen LogP contribution >= 0.6 is 0 Å². The molecule has 1 aromatic carbocycles. The number of fused-ring (bicyclic) bond motifs is 1. The zero-order valence-electron chi connectivity index (χ0n) is 11.7. The number of carbonyl (C=O) groups is 1. The third kappa shape index (κ3) is 3.32. The molecular formula is C14H19N5O2. The fraction of sp³-hybridized carbons (Fsp3) is 0.429. The average molecular weight is 289 g/mol. The van der Waals surface area contributed by atoms with Crippen LogP contribution in [0.15, 0.2) is 23.0 Å². The van der Waals surface area contributed by atoms with Gasteiger partial charge in [0, 0.05) is 24.8 Å². The number of carbonyl (C=O) groups excluding carboxylic acids is 1. The Balaban J connectivity index is 1.61. The average Bonchev–Trinajstić information content (AvgIpc) is 2.80. The Labute approximate surface area is 121 Å². The van der Waals surface area contributed by atoms with Gasteiger partial charge in [-0.05, 0) is 31.0 Å². The quantitative estimate of drug-likeness (QED) is 0.648. The van der Waals surface area contributed by atoms with Crippen molar-refractivity contribution in [3.05, 3.63) is 28.7 Å². The highest BCUT2D eigenvalue weighted by Gasteiger charge is 2.18. The van der Waals surface area contributed by atoms with E-state index in [4.69, 9.17) is 5.73 Å². The van der Waals surface area contributed by atoms with Gasteiger partial charge in [-0.1, -0.05) is 0 Å². The molecule has 0 aliphatic carbocycles. The molecule has 5 N–H and O–H groups in total. The summed E-state index contributed by atoms with van der Waals surface area (Å²) in [6, 6.07) is 5.55. The number of anilines is 1. The van der Waals surface area contributed by atoms with Crippen LogP contribution in [-0.2, 0) is 4.79 Å². The summed E-state index contributed by atoms with van der Waals surface area (Å²) in [5.74, 6) is -0.0531. The smallest absolute Gasteiger partial charge is 0.323 e. The highest BCUT2D eigenvalue weighted by molar-refractivity contribution is 5.94. The number of aromatic amines is 2. The summed E-state index contributed by atoms with van der Waals surface area (Å²) in [5, 5.41) is 2.85. The standard InChI is InChI=1S/C14H19N5O2/c15-9-3-5-19(6-4-9)8-13(20)16-10-1-2-11-12(7-10)18-14(21)17-11/h1-2,7,9H,3-6,8,15H2,(H,16,20)(H2,17,18,21). The van der Waals surface area contributed by atoms with Gasteiger partial charge in [0.2, 0.25) is 5.91 Å². The second kappa shape index (κ2) is 5.71. The highest BCUT2D eigenvalue weighted by Crippen LogP contribution is 2.15. The Kier molecular flexibility index (Phi) is 3.76. The lowest BCUT2D eigenvalue weighted by atomic mass is 10.1. The first-order chi connectivity index (χ1) is 10.1. The number of nitrogens with one attached hydrogen (secondary N) is 3. The number of hydrogen-bond donors (Lipinski definition) is 4. The van der Waals surface area contributed by atoms with Crippen molar-refractivity contribution in [3.63, 3.8) is 0 Å². The van der Waals surface area contributed by atoms with Crippen LogP contribution in [0.3, 0.4) is 0 Å². The minimum absolute atomic E-state index is 0.0531. The highest BCUT2D eigenvalue weighted by atomic mass is 16.2. The first kappa shape index (κ1) is 13.8. The molecule has 2 heterocycles. The van der Waals surface area contributed by atoms with Gasteiger partial charge in [-0.2, -0.15) is 0 Å². The molecule has 1 amide bonds. The van der Waals surface area contributed by atoms with Crippen molar-refractivity contribution < 1.29 is 4.79 Å². The molecule has 0 unspecified atom stereocenters. The summed E-state index contributed by atoms with van der Waals surface area (Å²) in [6.45, 7) is 2.09. The van der Waals surface area contributed by atoms with Crippen molar-refractivity contribution in [2.75, 3.05) is 25.0 Å². The van der Waals surface area contributed by atoms with E-state index in [1.165, 1.54) is 0 Å². The molecule has 1 aromatic heterocycles. The number of imidazole rings is 1. The first-order valence-electron chi connectivity index (χ1n) is 7.10. The van der Waals surface area contributed by atoms with Crippen LogP contribution in [0, 0.1) is 0 Å². The normalized spacial score (nSPS) is 17.2. The van der Waals surface area contributed by atoms with Gasteiger partial charge in [0.15, 0.2) is 0 Å². The molecule has 0 atom stereocenters. The summed E-state index contributed by atoms with van der Waals surface area (Å²) in [7, 11) is 0. The van der Waals surface area contributed by atoms with E-state index in [0.717, 1.165) is 31.4 Å². The minimum Gasteiger partial charge on any atom is -0.328 e. The summed E-state index contributed by atoms with van der Waals surface area (Å²) in [6.07, 6.45) is 1.87. The van der Waals surface area contributed by atoms with Gasteiger partial charge >= 0.3 is 5.69 Å². The molecule has 7 nitrogen and oxygen atoms in total. The lowest BCUT2D eigenvalue weighted by Crippen LogP contribution is -2.43. The monoisotopic (exact) mass is 289 g/mol. The molecule has 7 heteroatoms. The number of likely N-dealkylation sites (tertiary alicyclic amines) is 1. The van der Waals surface area contributed by atoms with Crippen LogP contribution in [0.1, 0.15) is 12.8 Å². The third-order valence-electron chi connectivity index (χ3n) is 3.80. The van der Waals surface area contributed by atoms with Crippen molar-refractivity contribution in [3.8, 4) is 0 Å². The van der Waals surface area contributed by atoms with Crippen LogP contribution in [0.5, 0.6) is 0 Å². The van der Waals surface area contributed by atoms with Crippen molar-refractivity contribution in [1.29, 1.82) is 0 Å². The Bertz CT molecular complexity index is 697. The molecule has 1 aliphatic heterocycles. The predicted octanol–water partition coefficient (Wildman–Crippen LogP) is 0.218. The van der Waals surface area contributed by atoms with Crippen LogP contribution < -0.4 is 16.7 Å². The molecule has 0 saturated carbocycles. The summed E-state index contributed by atoms with van der Waals surface area (Å²) in [5.41, 5.74) is 7.68. The second-order valence-electron chi connectivity index (χ2n) is 5.50. The van der Waals surface area contributed by atoms with E-state index in [1.54, 1.807) is 18.2 Å². The first-order valence-corrected chi connectivity index (χ1v) is 7.10. The Hall–Kier alpha value is -2.12. The fourth-order valence-corrected chi connectivity index (χ4v) is 2.62. The Morgan fingerprint density at radius 2 is 2.00 bits per heavy atom. The van der Waals surface area contributed by atoms with E-state index in [1.807, 2.05) is 0 Å². The number of benzene rings is 1. The van der Waals surface area contributed by atoms with Crippen molar-refractivity contribution in [1.82, 2.24) is 14.9 Å². The maximum absolute atomic E-state index is 12.0. The number of rotatable bonds is 3. The molecular weight excluding hydrogens is 270 g/mol. The molecule has 1 aliphatic rings. The molecule has 3 rings (SSSR count). The van der Waals surface area contributed by atoms with Crippen molar-refractivity contribution in [2.45, 2.75) is 18.9 Å². The fourth-order valence-electron chi connectivity index (χ4n) is 2.62. The maximum atomic E-state index is 12.0. The largest absolute Gasteiger partial charge is 0.328 e. The molecule has 0 bridgehead atoms. The molecule has 112 valence electrons. The molecule has 1 saturated heterocycles. The van der Waals surface area contributed by atoms with Gasteiger partial charge in [0.05, 0.1) is 17.6 Å². The van der Waals surface area contributed by atoms with E-state index in [9.17, 15) is 9.59 Å². The summed E-state index contributed by atoms with van der Waals surface area (Å²) in [4.78, 5) is 30.7. The molecule has 0 radical (unpaired) electrons. The van der Waals surface area contributed by atoms with Gasteiger partial charge in [0.25, 0.3) is 0 Å². The number of nitrogens with two attached hydrogens (primary N) is 1. The number of nitrogens with zero attached hydrogens (tertiary/aromatic N) is 1. The van der Waals surface area contributed by atoms with Gasteiger partial charge in [0.1, 0.15) is 0 Å². The number of piperidine rings is 1. The lowest BCUT2D eigenvalue weighted by molar-refractivity contribution is -0.117. The predicted molar refractivity (Wildman–Crippen MR) is 81.2 cm³/mol. The summed E-state index contributed by atoms with van der Waals surface area (Å²) < 4.78 is 0. The molecule has 1 fully saturated rings. The molecule has 2 aromatic rings. The maximum Gasteiger partial charge on any atom is 0.323 e. The van der Waals surface area contributed by atoms with E-state index in [0.29, 0.717) is 17.7 Å². The Morgan fingerprint density at radius 3 is 2.76 bits per heavy atom. The van der Waals surface area contributed by atoms with E-state index < -0.39 is 0 Å². The number of hydrogen-bond acceptors (Lipinski definition) is 4. The zero-order chi connectivity index (χ0) is 14.8. The zero-order valence-corrected chi connectivity index (χ0v) is 11.7.